The third-order valence-electron chi connectivity index (χ3n) is 7.62. The van der Waals surface area contributed by atoms with Crippen molar-refractivity contribution < 1.29 is 9.53 Å². The molecule has 0 bridgehead atoms. The third-order valence-corrected chi connectivity index (χ3v) is 7.62. The molecule has 0 radical (unpaired) electrons. The van der Waals surface area contributed by atoms with Gasteiger partial charge in [0.05, 0.1) is 6.54 Å². The van der Waals surface area contributed by atoms with Gasteiger partial charge in [-0.2, -0.15) is 0 Å². The van der Waals surface area contributed by atoms with Crippen LogP contribution in [0.5, 0.6) is 5.75 Å². The first-order valence-corrected chi connectivity index (χ1v) is 13.7. The van der Waals surface area contributed by atoms with E-state index in [0.717, 1.165) is 24.0 Å². The summed E-state index contributed by atoms with van der Waals surface area (Å²) in [6.07, 6.45) is 12.0. The molecule has 1 aliphatic rings. The smallest absolute Gasteiger partial charge is 0.248 e. The summed E-state index contributed by atoms with van der Waals surface area (Å²) in [5.74, 6) is 2.50. The van der Waals surface area contributed by atoms with Gasteiger partial charge in [-0.3, -0.25) is 4.79 Å². The summed E-state index contributed by atoms with van der Waals surface area (Å²) in [5, 5.41) is 0. The van der Waals surface area contributed by atoms with Crippen molar-refractivity contribution >= 4 is 5.91 Å². The molecule has 0 unspecified atom stereocenters. The Balaban J connectivity index is 1.57. The van der Waals surface area contributed by atoms with Crippen molar-refractivity contribution in [3.8, 4) is 16.9 Å². The Morgan fingerprint density at radius 1 is 1.03 bits per heavy atom. The summed E-state index contributed by atoms with van der Waals surface area (Å²) in [4.78, 5) is 13.6. The number of hydrogen-bond acceptors (Lipinski definition) is 2. The molecule has 0 N–H and O–H groups in total. The molecule has 0 spiro atoms. The molecule has 35 heavy (non-hydrogen) atoms. The van der Waals surface area contributed by atoms with Gasteiger partial charge >= 0.3 is 0 Å². The number of rotatable bonds is 12. The van der Waals surface area contributed by atoms with Crippen LogP contribution in [0.2, 0.25) is 0 Å². The Hall–Kier alpha value is -2.55. The number of amides is 1. The largest absolute Gasteiger partial charge is 0.492 e. The maximum absolute atomic E-state index is 11.9. The molecule has 1 fully saturated rings. The van der Waals surface area contributed by atoms with Gasteiger partial charge in [0.2, 0.25) is 5.91 Å². The average molecular weight is 476 g/mol. The quantitative estimate of drug-likeness (QED) is 0.229. The van der Waals surface area contributed by atoms with Gasteiger partial charge < -0.3 is 9.64 Å². The Labute approximate surface area is 213 Å². The van der Waals surface area contributed by atoms with E-state index in [4.69, 9.17) is 4.74 Å². The Morgan fingerprint density at radius 3 is 2.37 bits per heavy atom. The van der Waals surface area contributed by atoms with Crippen LogP contribution in [-0.4, -0.2) is 31.0 Å². The highest BCUT2D eigenvalue weighted by molar-refractivity contribution is 5.91. The highest BCUT2D eigenvalue weighted by atomic mass is 16.5. The van der Waals surface area contributed by atoms with E-state index in [2.05, 4.69) is 56.8 Å². The number of aryl methyl sites for hydroxylation is 1. The fourth-order valence-electron chi connectivity index (χ4n) is 5.36. The molecule has 3 heteroatoms. The van der Waals surface area contributed by atoms with Gasteiger partial charge in [-0.25, -0.2) is 0 Å². The lowest BCUT2D eigenvalue weighted by Gasteiger charge is -2.29. The van der Waals surface area contributed by atoms with Crippen LogP contribution < -0.4 is 4.74 Å². The molecule has 2 aromatic carbocycles. The van der Waals surface area contributed by atoms with Crippen molar-refractivity contribution in [3.05, 3.63) is 65.7 Å². The molecule has 3 rings (SSSR count). The molecule has 0 heterocycles. The SMILES string of the molecule is C=C(C)C(=O)N(C)CCOc1ccc(-c2ccc(C3CCC(CCCCC)CC3)cc2)c(CC)c1. The maximum atomic E-state index is 11.9. The monoisotopic (exact) mass is 475 g/mol. The Kier molecular flexibility index (Phi) is 10.4. The standard InChI is InChI=1S/C32H45NO2/c1-6-8-9-10-25-11-13-27(14-12-25)28-15-17-29(18-16-28)31-20-19-30(23-26(31)7-2)35-22-21-33(5)32(34)24(3)4/h15-20,23,25,27H,3,6-14,21-22H2,1-2,4-5H3. The molecule has 0 aromatic heterocycles. The van der Waals surface area contributed by atoms with E-state index < -0.39 is 0 Å². The second kappa shape index (κ2) is 13.5. The minimum atomic E-state index is -0.0401. The van der Waals surface area contributed by atoms with Crippen molar-refractivity contribution in [2.75, 3.05) is 20.2 Å². The van der Waals surface area contributed by atoms with Gasteiger partial charge in [-0.05, 0) is 85.3 Å². The summed E-state index contributed by atoms with van der Waals surface area (Å²) in [6.45, 7) is 10.9. The van der Waals surface area contributed by atoms with Crippen LogP contribution in [-0.2, 0) is 11.2 Å². The molecule has 0 aliphatic heterocycles. The van der Waals surface area contributed by atoms with Crippen LogP contribution in [0.25, 0.3) is 11.1 Å². The molecule has 1 saturated carbocycles. The van der Waals surface area contributed by atoms with E-state index in [1.54, 1.807) is 18.9 Å². The maximum Gasteiger partial charge on any atom is 0.248 e. The van der Waals surface area contributed by atoms with Crippen LogP contribution in [0.1, 0.15) is 89.2 Å². The molecule has 1 amide bonds. The van der Waals surface area contributed by atoms with Crippen LogP contribution >= 0.6 is 0 Å². The zero-order valence-electron chi connectivity index (χ0n) is 22.4. The number of carbonyl (C=O) groups excluding carboxylic acids is 1. The summed E-state index contributed by atoms with van der Waals surface area (Å²) < 4.78 is 5.95. The lowest BCUT2D eigenvalue weighted by molar-refractivity contribution is -0.126. The number of ether oxygens (including phenoxy) is 1. The Morgan fingerprint density at radius 2 is 1.74 bits per heavy atom. The number of unbranched alkanes of at least 4 members (excludes halogenated alkanes) is 2. The molecule has 3 nitrogen and oxygen atoms in total. The normalized spacial score (nSPS) is 17.7. The highest BCUT2D eigenvalue weighted by Crippen LogP contribution is 2.38. The summed E-state index contributed by atoms with van der Waals surface area (Å²) in [7, 11) is 1.78. The van der Waals surface area contributed by atoms with E-state index in [0.29, 0.717) is 18.7 Å². The van der Waals surface area contributed by atoms with Crippen molar-refractivity contribution in [3.63, 3.8) is 0 Å². The third kappa shape index (κ3) is 7.72. The highest BCUT2D eigenvalue weighted by Gasteiger charge is 2.22. The fraction of sp³-hybridized carbons (Fsp3) is 0.531. The van der Waals surface area contributed by atoms with E-state index in [-0.39, 0.29) is 5.91 Å². The van der Waals surface area contributed by atoms with Crippen molar-refractivity contribution in [1.82, 2.24) is 4.90 Å². The number of benzene rings is 2. The summed E-state index contributed by atoms with van der Waals surface area (Å²) in [6, 6.07) is 15.7. The predicted molar refractivity (Wildman–Crippen MR) is 148 cm³/mol. The molecule has 0 atom stereocenters. The van der Waals surface area contributed by atoms with E-state index in [1.165, 1.54) is 73.6 Å². The zero-order chi connectivity index (χ0) is 25.2. The molecular weight excluding hydrogens is 430 g/mol. The van der Waals surface area contributed by atoms with Gasteiger partial charge in [0.1, 0.15) is 12.4 Å². The van der Waals surface area contributed by atoms with Crippen molar-refractivity contribution in [2.24, 2.45) is 5.92 Å². The topological polar surface area (TPSA) is 29.5 Å². The van der Waals surface area contributed by atoms with Gasteiger partial charge in [0.25, 0.3) is 0 Å². The van der Waals surface area contributed by atoms with Gasteiger partial charge in [-0.15, -0.1) is 0 Å². The first kappa shape index (κ1) is 27.0. The molecular formula is C32H45NO2. The van der Waals surface area contributed by atoms with Crippen LogP contribution in [0.4, 0.5) is 0 Å². The second-order valence-electron chi connectivity index (χ2n) is 10.4. The average Bonchev–Trinajstić information content (AvgIpc) is 2.88. The number of nitrogens with zero attached hydrogens (tertiary/aromatic N) is 1. The molecule has 190 valence electrons. The van der Waals surface area contributed by atoms with Crippen molar-refractivity contribution in [1.29, 1.82) is 0 Å². The van der Waals surface area contributed by atoms with E-state index in [1.807, 2.05) is 6.07 Å². The number of carbonyl (C=O) groups is 1. The predicted octanol–water partition coefficient (Wildman–Crippen LogP) is 8.18. The van der Waals surface area contributed by atoms with Crippen molar-refractivity contribution in [2.45, 2.75) is 84.5 Å². The van der Waals surface area contributed by atoms with Crippen LogP contribution in [0, 0.1) is 5.92 Å². The summed E-state index contributed by atoms with van der Waals surface area (Å²) in [5.41, 5.74) is 5.89. The van der Waals surface area contributed by atoms with Gasteiger partial charge in [-0.1, -0.05) is 76.4 Å². The minimum absolute atomic E-state index is 0.0401. The minimum Gasteiger partial charge on any atom is -0.492 e. The molecule has 0 saturated heterocycles. The second-order valence-corrected chi connectivity index (χ2v) is 10.4. The summed E-state index contributed by atoms with van der Waals surface area (Å²) >= 11 is 0. The van der Waals surface area contributed by atoms with E-state index in [9.17, 15) is 4.79 Å². The first-order chi connectivity index (χ1) is 16.9. The van der Waals surface area contributed by atoms with Crippen LogP contribution in [0.3, 0.4) is 0 Å². The van der Waals surface area contributed by atoms with E-state index >= 15 is 0 Å². The van der Waals surface area contributed by atoms with Crippen LogP contribution in [0.15, 0.2) is 54.6 Å². The first-order valence-electron chi connectivity index (χ1n) is 13.7. The molecule has 1 aliphatic carbocycles. The lowest BCUT2D eigenvalue weighted by Crippen LogP contribution is -2.31. The molecule has 2 aromatic rings. The number of likely N-dealkylation sites (N-methyl/N-ethyl adjacent to an activating group) is 1. The lowest BCUT2D eigenvalue weighted by atomic mass is 9.77. The fourth-order valence-corrected chi connectivity index (χ4v) is 5.36. The van der Waals surface area contributed by atoms with Gasteiger partial charge in [0, 0.05) is 12.6 Å². The Bertz CT molecular complexity index is 954. The number of hydrogen-bond donors (Lipinski definition) is 0. The van der Waals surface area contributed by atoms with Gasteiger partial charge in [0.15, 0.2) is 0 Å². The zero-order valence-corrected chi connectivity index (χ0v) is 22.4.